The third-order valence-corrected chi connectivity index (χ3v) is 2.97. The van der Waals surface area contributed by atoms with Crippen molar-refractivity contribution < 1.29 is 4.74 Å². The Labute approximate surface area is 104 Å². The van der Waals surface area contributed by atoms with E-state index in [1.54, 1.807) is 7.11 Å². The van der Waals surface area contributed by atoms with Crippen molar-refractivity contribution in [3.63, 3.8) is 0 Å². The summed E-state index contributed by atoms with van der Waals surface area (Å²) in [6.07, 6.45) is 1.12. The average molecular weight is 236 g/mol. The Balaban J connectivity index is 2.42. The molecule has 1 aromatic rings. The van der Waals surface area contributed by atoms with Gasteiger partial charge in [0.15, 0.2) is 0 Å². The molecule has 0 saturated heterocycles. The van der Waals surface area contributed by atoms with Crippen molar-refractivity contribution in [3.05, 3.63) is 29.3 Å². The first kappa shape index (κ1) is 14.0. The number of nitrogens with one attached hydrogen (secondary N) is 1. The number of benzene rings is 1. The molecule has 0 spiro atoms. The fourth-order valence-corrected chi connectivity index (χ4v) is 1.73. The molecule has 1 aromatic carbocycles. The Morgan fingerprint density at radius 1 is 1.41 bits per heavy atom. The Kier molecular flexibility index (Phi) is 6.01. The fraction of sp³-hybridized carbons (Fsp3) is 0.571. The zero-order chi connectivity index (χ0) is 12.7. The predicted molar refractivity (Wildman–Crippen MR) is 72.3 cm³/mol. The van der Waals surface area contributed by atoms with Crippen LogP contribution in [0.25, 0.3) is 0 Å². The van der Waals surface area contributed by atoms with E-state index in [-0.39, 0.29) is 0 Å². The van der Waals surface area contributed by atoms with E-state index in [2.05, 4.69) is 31.3 Å². The topological polar surface area (TPSA) is 47.3 Å². The lowest BCUT2D eigenvalue weighted by Crippen LogP contribution is -2.20. The number of hydrogen-bond donors (Lipinski definition) is 2. The van der Waals surface area contributed by atoms with E-state index < -0.39 is 0 Å². The Morgan fingerprint density at radius 3 is 2.82 bits per heavy atom. The smallest absolute Gasteiger partial charge is 0.123 e. The highest BCUT2D eigenvalue weighted by molar-refractivity contribution is 5.36. The summed E-state index contributed by atoms with van der Waals surface area (Å²) in [4.78, 5) is 0. The Hall–Kier alpha value is -1.06. The summed E-state index contributed by atoms with van der Waals surface area (Å²) in [7, 11) is 1.71. The van der Waals surface area contributed by atoms with Crippen molar-refractivity contribution in [2.75, 3.05) is 20.2 Å². The van der Waals surface area contributed by atoms with Crippen molar-refractivity contribution in [2.24, 2.45) is 11.7 Å². The lowest BCUT2D eigenvalue weighted by atomic mass is 10.1. The highest BCUT2D eigenvalue weighted by Crippen LogP contribution is 2.19. The van der Waals surface area contributed by atoms with Gasteiger partial charge in [0.25, 0.3) is 0 Å². The van der Waals surface area contributed by atoms with Crippen LogP contribution in [-0.4, -0.2) is 20.2 Å². The number of nitrogens with two attached hydrogens (primary N) is 1. The van der Waals surface area contributed by atoms with Gasteiger partial charge in [-0.15, -0.1) is 0 Å². The first-order valence-corrected chi connectivity index (χ1v) is 6.21. The minimum atomic E-state index is 0.585. The van der Waals surface area contributed by atoms with Crippen LogP contribution in [0, 0.1) is 12.8 Å². The molecule has 96 valence electrons. The van der Waals surface area contributed by atoms with Gasteiger partial charge < -0.3 is 15.8 Å². The number of methoxy groups -OCH3 is 1. The predicted octanol–water partition coefficient (Wildman–Crippen LogP) is 2.08. The monoisotopic (exact) mass is 236 g/mol. The normalized spacial score (nSPS) is 12.5. The van der Waals surface area contributed by atoms with Crippen molar-refractivity contribution >= 4 is 0 Å². The van der Waals surface area contributed by atoms with Gasteiger partial charge in [-0.25, -0.2) is 0 Å². The van der Waals surface area contributed by atoms with E-state index >= 15 is 0 Å². The first-order valence-electron chi connectivity index (χ1n) is 6.21. The minimum Gasteiger partial charge on any atom is -0.496 e. The summed E-state index contributed by atoms with van der Waals surface area (Å²) in [6, 6.07) is 6.26. The van der Waals surface area contributed by atoms with Crippen LogP contribution in [0.4, 0.5) is 0 Å². The molecule has 0 radical (unpaired) electrons. The van der Waals surface area contributed by atoms with Gasteiger partial charge in [0.05, 0.1) is 7.11 Å². The molecule has 0 heterocycles. The molecular weight excluding hydrogens is 212 g/mol. The molecule has 3 nitrogen and oxygen atoms in total. The maximum absolute atomic E-state index is 5.58. The Morgan fingerprint density at radius 2 is 2.18 bits per heavy atom. The summed E-state index contributed by atoms with van der Waals surface area (Å²) in [5.41, 5.74) is 8.06. The largest absolute Gasteiger partial charge is 0.496 e. The quantitative estimate of drug-likeness (QED) is 0.713. The van der Waals surface area contributed by atoms with Crippen LogP contribution in [-0.2, 0) is 6.54 Å². The van der Waals surface area contributed by atoms with Crippen LogP contribution >= 0.6 is 0 Å². The second kappa shape index (κ2) is 7.30. The summed E-state index contributed by atoms with van der Waals surface area (Å²) < 4.78 is 5.34. The lowest BCUT2D eigenvalue weighted by Gasteiger charge is -2.12. The molecule has 1 rings (SSSR count). The molecule has 0 aliphatic carbocycles. The van der Waals surface area contributed by atoms with Gasteiger partial charge in [0.2, 0.25) is 0 Å². The third kappa shape index (κ3) is 4.75. The number of hydrogen-bond acceptors (Lipinski definition) is 3. The summed E-state index contributed by atoms with van der Waals surface area (Å²) in [5.74, 6) is 1.54. The van der Waals surface area contributed by atoms with Gasteiger partial charge in [0.1, 0.15) is 5.75 Å². The van der Waals surface area contributed by atoms with Gasteiger partial charge >= 0.3 is 0 Å². The van der Waals surface area contributed by atoms with Crippen molar-refractivity contribution in [1.29, 1.82) is 0 Å². The van der Waals surface area contributed by atoms with Gasteiger partial charge in [-0.05, 0) is 38.4 Å². The standard InChI is InChI=1S/C14H24N2O/c1-11-4-5-14(17-3)13(8-11)10-16-7-6-12(2)9-15/h4-5,8,12,16H,6-7,9-10,15H2,1-3H3. The van der Waals surface area contributed by atoms with Gasteiger partial charge in [-0.3, -0.25) is 0 Å². The fourth-order valence-electron chi connectivity index (χ4n) is 1.73. The summed E-state index contributed by atoms with van der Waals surface area (Å²) in [5, 5.41) is 3.43. The van der Waals surface area contributed by atoms with Crippen molar-refractivity contribution in [1.82, 2.24) is 5.32 Å². The first-order chi connectivity index (χ1) is 8.17. The average Bonchev–Trinajstić information content (AvgIpc) is 2.34. The van der Waals surface area contributed by atoms with E-state index in [1.165, 1.54) is 11.1 Å². The van der Waals surface area contributed by atoms with Crippen LogP contribution < -0.4 is 15.8 Å². The maximum atomic E-state index is 5.58. The number of ether oxygens (including phenoxy) is 1. The highest BCUT2D eigenvalue weighted by Gasteiger charge is 2.03. The van der Waals surface area contributed by atoms with Crippen LogP contribution in [0.2, 0.25) is 0 Å². The second-order valence-electron chi connectivity index (χ2n) is 4.62. The number of aryl methyl sites for hydroxylation is 1. The zero-order valence-electron chi connectivity index (χ0n) is 11.1. The molecule has 0 aliphatic rings. The molecule has 17 heavy (non-hydrogen) atoms. The van der Waals surface area contributed by atoms with Gasteiger partial charge in [-0.1, -0.05) is 24.6 Å². The van der Waals surface area contributed by atoms with Crippen LogP contribution in [0.15, 0.2) is 18.2 Å². The van der Waals surface area contributed by atoms with Crippen LogP contribution in [0.5, 0.6) is 5.75 Å². The SMILES string of the molecule is COc1ccc(C)cc1CNCCC(C)CN. The molecule has 0 bridgehead atoms. The van der Waals surface area contributed by atoms with Crippen LogP contribution in [0.3, 0.4) is 0 Å². The molecule has 3 heteroatoms. The van der Waals surface area contributed by atoms with Crippen molar-refractivity contribution in [2.45, 2.75) is 26.8 Å². The molecule has 1 atom stereocenters. The molecule has 0 aromatic heterocycles. The number of rotatable bonds is 7. The van der Waals surface area contributed by atoms with Crippen molar-refractivity contribution in [3.8, 4) is 5.75 Å². The molecular formula is C14H24N2O. The molecule has 0 amide bonds. The van der Waals surface area contributed by atoms with Gasteiger partial charge in [0, 0.05) is 12.1 Å². The van der Waals surface area contributed by atoms with E-state index in [1.807, 2.05) is 6.07 Å². The molecule has 0 aliphatic heterocycles. The highest BCUT2D eigenvalue weighted by atomic mass is 16.5. The summed E-state index contributed by atoms with van der Waals surface area (Å²) in [6.45, 7) is 6.88. The zero-order valence-corrected chi connectivity index (χ0v) is 11.1. The van der Waals surface area contributed by atoms with E-state index in [4.69, 9.17) is 10.5 Å². The van der Waals surface area contributed by atoms with E-state index in [0.29, 0.717) is 5.92 Å². The maximum Gasteiger partial charge on any atom is 0.123 e. The van der Waals surface area contributed by atoms with Crippen LogP contribution in [0.1, 0.15) is 24.5 Å². The second-order valence-corrected chi connectivity index (χ2v) is 4.62. The third-order valence-electron chi connectivity index (χ3n) is 2.97. The van der Waals surface area contributed by atoms with E-state index in [9.17, 15) is 0 Å². The summed E-state index contributed by atoms with van der Waals surface area (Å²) >= 11 is 0. The molecule has 0 saturated carbocycles. The molecule has 1 unspecified atom stereocenters. The molecule has 0 fully saturated rings. The lowest BCUT2D eigenvalue weighted by molar-refractivity contribution is 0.406. The Bertz CT molecular complexity index is 339. The minimum absolute atomic E-state index is 0.585. The molecule has 3 N–H and O–H groups in total. The van der Waals surface area contributed by atoms with E-state index in [0.717, 1.165) is 31.8 Å². The van der Waals surface area contributed by atoms with Gasteiger partial charge in [-0.2, -0.15) is 0 Å².